The largest absolute Gasteiger partial charge is 0.381 e. The van der Waals surface area contributed by atoms with E-state index in [1.54, 1.807) is 12.1 Å². The molecule has 1 atom stereocenters. The number of hydrogen-bond acceptors (Lipinski definition) is 6. The van der Waals surface area contributed by atoms with Crippen LogP contribution in [0.1, 0.15) is 18.7 Å². The molecule has 0 bridgehead atoms. The van der Waals surface area contributed by atoms with Gasteiger partial charge in [0.2, 0.25) is 17.6 Å². The summed E-state index contributed by atoms with van der Waals surface area (Å²) in [5.41, 5.74) is 6.86. The van der Waals surface area contributed by atoms with Crippen LogP contribution in [0.3, 0.4) is 0 Å². The van der Waals surface area contributed by atoms with Crippen molar-refractivity contribution < 1.29 is 14.1 Å². The van der Waals surface area contributed by atoms with Crippen LogP contribution in [-0.2, 0) is 16.0 Å². The monoisotopic (exact) mass is 364 g/mol. The normalized spacial score (nSPS) is 16.6. The molecule has 1 aliphatic rings. The average molecular weight is 365 g/mol. The fraction of sp³-hybridized carbons (Fsp3) is 0.471. The van der Waals surface area contributed by atoms with Crippen LogP contribution in [0.15, 0.2) is 28.8 Å². The van der Waals surface area contributed by atoms with Crippen LogP contribution in [0.25, 0.3) is 11.4 Å². The SMILES string of the molecule is NC(C(=O)NCCc1nc(-c2ccc(Cl)cc2)no1)C1CCOCC1. The zero-order chi connectivity index (χ0) is 17.6. The Morgan fingerprint density at radius 1 is 1.32 bits per heavy atom. The Hall–Kier alpha value is -1.96. The van der Waals surface area contributed by atoms with Crippen molar-refractivity contribution in [3.63, 3.8) is 0 Å². The second kappa shape index (κ2) is 8.42. The van der Waals surface area contributed by atoms with Gasteiger partial charge >= 0.3 is 0 Å². The van der Waals surface area contributed by atoms with Crippen LogP contribution in [0.4, 0.5) is 0 Å². The molecule has 25 heavy (non-hydrogen) atoms. The lowest BCUT2D eigenvalue weighted by Crippen LogP contribution is -2.47. The highest BCUT2D eigenvalue weighted by Gasteiger charge is 2.26. The number of carbonyl (C=O) groups excluding carboxylic acids is 1. The van der Waals surface area contributed by atoms with Crippen molar-refractivity contribution in [3.05, 3.63) is 35.2 Å². The molecule has 1 unspecified atom stereocenters. The van der Waals surface area contributed by atoms with Gasteiger partial charge in [0, 0.05) is 36.8 Å². The fourth-order valence-electron chi connectivity index (χ4n) is 2.77. The summed E-state index contributed by atoms with van der Waals surface area (Å²) in [5, 5.41) is 7.43. The van der Waals surface area contributed by atoms with Crippen molar-refractivity contribution in [1.29, 1.82) is 0 Å². The first-order valence-corrected chi connectivity index (χ1v) is 8.71. The van der Waals surface area contributed by atoms with E-state index in [1.807, 2.05) is 12.1 Å². The van der Waals surface area contributed by atoms with Crippen molar-refractivity contribution in [2.75, 3.05) is 19.8 Å². The second-order valence-electron chi connectivity index (χ2n) is 6.04. The molecule has 0 spiro atoms. The zero-order valence-corrected chi connectivity index (χ0v) is 14.5. The van der Waals surface area contributed by atoms with E-state index >= 15 is 0 Å². The van der Waals surface area contributed by atoms with E-state index in [4.69, 9.17) is 26.6 Å². The first kappa shape index (κ1) is 17.8. The number of amides is 1. The van der Waals surface area contributed by atoms with Gasteiger partial charge in [-0.3, -0.25) is 4.79 Å². The minimum Gasteiger partial charge on any atom is -0.381 e. The maximum Gasteiger partial charge on any atom is 0.237 e. The Balaban J connectivity index is 1.47. The van der Waals surface area contributed by atoms with Gasteiger partial charge in [-0.15, -0.1) is 0 Å². The van der Waals surface area contributed by atoms with Crippen LogP contribution in [-0.4, -0.2) is 41.8 Å². The van der Waals surface area contributed by atoms with Gasteiger partial charge in [0.1, 0.15) is 0 Å². The fourth-order valence-corrected chi connectivity index (χ4v) is 2.90. The number of halogens is 1. The lowest BCUT2D eigenvalue weighted by molar-refractivity contribution is -0.124. The highest BCUT2D eigenvalue weighted by atomic mass is 35.5. The number of aromatic nitrogens is 2. The molecule has 1 aliphatic heterocycles. The minimum absolute atomic E-state index is 0.149. The third kappa shape index (κ3) is 4.78. The van der Waals surface area contributed by atoms with Gasteiger partial charge < -0.3 is 20.3 Å². The van der Waals surface area contributed by atoms with Crippen LogP contribution >= 0.6 is 11.6 Å². The van der Waals surface area contributed by atoms with Crippen molar-refractivity contribution in [3.8, 4) is 11.4 Å². The summed E-state index contributed by atoms with van der Waals surface area (Å²) in [4.78, 5) is 16.5. The third-order valence-corrected chi connectivity index (χ3v) is 4.54. The number of carbonyl (C=O) groups is 1. The van der Waals surface area contributed by atoms with Crippen LogP contribution in [0.5, 0.6) is 0 Å². The molecular formula is C17H21ClN4O3. The maximum atomic E-state index is 12.1. The molecule has 0 aliphatic carbocycles. The van der Waals surface area contributed by atoms with Gasteiger partial charge in [-0.05, 0) is 43.0 Å². The van der Waals surface area contributed by atoms with Gasteiger partial charge in [0.05, 0.1) is 6.04 Å². The zero-order valence-electron chi connectivity index (χ0n) is 13.8. The highest BCUT2D eigenvalue weighted by molar-refractivity contribution is 6.30. The Labute approximate surface area is 150 Å². The van der Waals surface area contributed by atoms with E-state index in [9.17, 15) is 4.79 Å². The Morgan fingerprint density at radius 3 is 2.76 bits per heavy atom. The molecule has 3 N–H and O–H groups in total. The first-order valence-electron chi connectivity index (χ1n) is 8.33. The summed E-state index contributed by atoms with van der Waals surface area (Å²) in [6.07, 6.45) is 2.10. The molecule has 2 aromatic rings. The number of ether oxygens (including phenoxy) is 1. The maximum absolute atomic E-state index is 12.1. The number of hydrogen-bond donors (Lipinski definition) is 2. The highest BCUT2D eigenvalue weighted by Crippen LogP contribution is 2.19. The van der Waals surface area contributed by atoms with E-state index < -0.39 is 6.04 Å². The molecule has 0 radical (unpaired) electrons. The summed E-state index contributed by atoms with van der Waals surface area (Å²) in [5.74, 6) is 0.986. The molecular weight excluding hydrogens is 344 g/mol. The molecule has 3 rings (SSSR count). The number of nitrogens with one attached hydrogen (secondary N) is 1. The Bertz CT molecular complexity index is 698. The molecule has 7 nitrogen and oxygen atoms in total. The number of nitrogens with two attached hydrogens (primary N) is 1. The van der Waals surface area contributed by atoms with Gasteiger partial charge in [0.25, 0.3) is 0 Å². The summed E-state index contributed by atoms with van der Waals surface area (Å²) in [6, 6.07) is 6.68. The van der Waals surface area contributed by atoms with Gasteiger partial charge in [-0.2, -0.15) is 4.98 Å². The molecule has 2 heterocycles. The summed E-state index contributed by atoms with van der Waals surface area (Å²) in [6.45, 7) is 1.74. The quantitative estimate of drug-likeness (QED) is 0.810. The molecule has 1 aromatic carbocycles. The number of nitrogens with zero attached hydrogens (tertiary/aromatic N) is 2. The lowest BCUT2D eigenvalue weighted by atomic mass is 9.92. The second-order valence-corrected chi connectivity index (χ2v) is 6.47. The van der Waals surface area contributed by atoms with E-state index in [-0.39, 0.29) is 11.8 Å². The molecule has 0 saturated carbocycles. The average Bonchev–Trinajstić information content (AvgIpc) is 3.11. The summed E-state index contributed by atoms with van der Waals surface area (Å²) >= 11 is 5.86. The van der Waals surface area contributed by atoms with Crippen LogP contribution in [0, 0.1) is 5.92 Å². The summed E-state index contributed by atoms with van der Waals surface area (Å²) in [7, 11) is 0. The molecule has 1 saturated heterocycles. The van der Waals surface area contributed by atoms with E-state index in [0.29, 0.717) is 42.9 Å². The number of rotatable bonds is 6. The van der Waals surface area contributed by atoms with Crippen LogP contribution in [0.2, 0.25) is 5.02 Å². The van der Waals surface area contributed by atoms with Crippen LogP contribution < -0.4 is 11.1 Å². The molecule has 1 aromatic heterocycles. The Morgan fingerprint density at radius 2 is 2.04 bits per heavy atom. The number of benzene rings is 1. The van der Waals surface area contributed by atoms with E-state index in [2.05, 4.69) is 15.5 Å². The minimum atomic E-state index is -0.504. The predicted octanol–water partition coefficient (Wildman–Crippen LogP) is 1.80. The topological polar surface area (TPSA) is 103 Å². The van der Waals surface area contributed by atoms with Crippen molar-refractivity contribution in [2.24, 2.45) is 11.7 Å². The summed E-state index contributed by atoms with van der Waals surface area (Å²) < 4.78 is 10.5. The molecule has 1 amide bonds. The predicted molar refractivity (Wildman–Crippen MR) is 93.0 cm³/mol. The van der Waals surface area contributed by atoms with E-state index in [0.717, 1.165) is 18.4 Å². The third-order valence-electron chi connectivity index (χ3n) is 4.29. The molecule has 8 heteroatoms. The lowest BCUT2D eigenvalue weighted by Gasteiger charge is -2.26. The standard InChI is InChI=1S/C17H21ClN4O3/c18-13-3-1-12(2-4-13)16-21-14(25-22-16)5-8-20-17(23)15(19)11-6-9-24-10-7-11/h1-4,11,15H,5-10,19H2,(H,20,23). The van der Waals surface area contributed by atoms with Gasteiger partial charge in [-0.1, -0.05) is 16.8 Å². The Kier molecular flexibility index (Phi) is 6.01. The molecule has 1 fully saturated rings. The van der Waals surface area contributed by atoms with Crippen molar-refractivity contribution >= 4 is 17.5 Å². The van der Waals surface area contributed by atoms with Crippen molar-refractivity contribution in [1.82, 2.24) is 15.5 Å². The first-order chi connectivity index (χ1) is 12.1. The van der Waals surface area contributed by atoms with Gasteiger partial charge in [-0.25, -0.2) is 0 Å². The van der Waals surface area contributed by atoms with Crippen molar-refractivity contribution in [2.45, 2.75) is 25.3 Å². The molecule has 134 valence electrons. The smallest absolute Gasteiger partial charge is 0.237 e. The van der Waals surface area contributed by atoms with E-state index in [1.165, 1.54) is 0 Å². The van der Waals surface area contributed by atoms with Gasteiger partial charge in [0.15, 0.2) is 0 Å².